The van der Waals surface area contributed by atoms with Gasteiger partial charge in [0.25, 0.3) is 0 Å². The van der Waals surface area contributed by atoms with Gasteiger partial charge in [-0.2, -0.15) is 13.2 Å². The lowest BCUT2D eigenvalue weighted by Gasteiger charge is -2.32. The molecule has 0 spiro atoms. The SMILES string of the molecule is CCCc1nc(N2CCC(C(F)(F)F)CC2)sc1CNC. The van der Waals surface area contributed by atoms with Crippen LogP contribution in [0.15, 0.2) is 0 Å². The highest BCUT2D eigenvalue weighted by molar-refractivity contribution is 7.15. The summed E-state index contributed by atoms with van der Waals surface area (Å²) in [5.41, 5.74) is 1.09. The quantitative estimate of drug-likeness (QED) is 0.898. The minimum absolute atomic E-state index is 0.174. The normalized spacial score (nSPS) is 17.5. The van der Waals surface area contributed by atoms with E-state index < -0.39 is 12.1 Å². The zero-order valence-corrected chi connectivity index (χ0v) is 13.3. The fourth-order valence-corrected chi connectivity index (χ4v) is 3.80. The second-order valence-electron chi connectivity index (χ2n) is 5.45. The van der Waals surface area contributed by atoms with Gasteiger partial charge in [0.1, 0.15) is 0 Å². The van der Waals surface area contributed by atoms with E-state index in [1.807, 2.05) is 11.9 Å². The molecule has 0 amide bonds. The number of halogens is 3. The first-order chi connectivity index (χ1) is 9.95. The third-order valence-electron chi connectivity index (χ3n) is 3.82. The Kier molecular flexibility index (Phi) is 5.48. The Hall–Kier alpha value is -0.820. The Labute approximate surface area is 127 Å². The number of thiazole rings is 1. The van der Waals surface area contributed by atoms with Gasteiger partial charge in [-0.1, -0.05) is 13.3 Å². The molecule has 0 unspecified atom stereocenters. The van der Waals surface area contributed by atoms with Crippen LogP contribution >= 0.6 is 11.3 Å². The Morgan fingerprint density at radius 3 is 2.52 bits per heavy atom. The van der Waals surface area contributed by atoms with Gasteiger partial charge in [0.2, 0.25) is 0 Å². The lowest BCUT2D eigenvalue weighted by molar-refractivity contribution is -0.179. The van der Waals surface area contributed by atoms with Crippen molar-refractivity contribution in [2.75, 3.05) is 25.0 Å². The van der Waals surface area contributed by atoms with E-state index in [2.05, 4.69) is 17.2 Å². The number of piperidine rings is 1. The summed E-state index contributed by atoms with van der Waals surface area (Å²) in [5.74, 6) is -1.15. The molecule has 21 heavy (non-hydrogen) atoms. The van der Waals surface area contributed by atoms with E-state index in [4.69, 9.17) is 0 Å². The van der Waals surface area contributed by atoms with Crippen LogP contribution in [-0.4, -0.2) is 31.3 Å². The van der Waals surface area contributed by atoms with Crippen molar-refractivity contribution in [1.82, 2.24) is 10.3 Å². The maximum Gasteiger partial charge on any atom is 0.391 e. The first-order valence-corrected chi connectivity index (χ1v) is 8.22. The molecular weight excluding hydrogens is 299 g/mol. The van der Waals surface area contributed by atoms with Crippen molar-refractivity contribution in [3.8, 4) is 0 Å². The first-order valence-electron chi connectivity index (χ1n) is 7.40. The number of hydrogen-bond acceptors (Lipinski definition) is 4. The predicted octanol–water partition coefficient (Wildman–Crippen LogP) is 3.59. The second-order valence-corrected chi connectivity index (χ2v) is 6.51. The molecule has 1 aliphatic heterocycles. The third-order valence-corrected chi connectivity index (χ3v) is 4.98. The van der Waals surface area contributed by atoms with Crippen molar-refractivity contribution in [3.05, 3.63) is 10.6 Å². The Morgan fingerprint density at radius 2 is 2.00 bits per heavy atom. The Bertz CT molecular complexity index is 427. The van der Waals surface area contributed by atoms with E-state index in [1.54, 1.807) is 11.3 Å². The molecule has 0 aliphatic carbocycles. The minimum Gasteiger partial charge on any atom is -0.348 e. The zero-order chi connectivity index (χ0) is 15.5. The molecule has 0 saturated carbocycles. The summed E-state index contributed by atoms with van der Waals surface area (Å²) in [6.45, 7) is 3.77. The van der Waals surface area contributed by atoms with E-state index >= 15 is 0 Å². The van der Waals surface area contributed by atoms with Gasteiger partial charge in [-0.15, -0.1) is 11.3 Å². The van der Waals surface area contributed by atoms with Crippen molar-refractivity contribution < 1.29 is 13.2 Å². The maximum absolute atomic E-state index is 12.7. The molecule has 1 aliphatic rings. The molecule has 2 heterocycles. The van der Waals surface area contributed by atoms with Crippen LogP contribution in [0.2, 0.25) is 0 Å². The summed E-state index contributed by atoms with van der Waals surface area (Å²) in [6.07, 6.45) is -1.76. The highest BCUT2D eigenvalue weighted by atomic mass is 32.1. The van der Waals surface area contributed by atoms with Crippen LogP contribution < -0.4 is 10.2 Å². The van der Waals surface area contributed by atoms with Gasteiger partial charge >= 0.3 is 6.18 Å². The predicted molar refractivity (Wildman–Crippen MR) is 79.9 cm³/mol. The van der Waals surface area contributed by atoms with Crippen molar-refractivity contribution in [2.45, 2.75) is 45.3 Å². The van der Waals surface area contributed by atoms with Crippen LogP contribution in [0.5, 0.6) is 0 Å². The zero-order valence-electron chi connectivity index (χ0n) is 12.5. The molecule has 3 nitrogen and oxygen atoms in total. The molecule has 1 N–H and O–H groups in total. The smallest absolute Gasteiger partial charge is 0.348 e. The summed E-state index contributed by atoms with van der Waals surface area (Å²) in [6, 6.07) is 0. The molecule has 0 bridgehead atoms. The Morgan fingerprint density at radius 1 is 1.33 bits per heavy atom. The standard InChI is InChI=1S/C14H22F3N3S/c1-3-4-11-12(9-18-2)21-13(19-11)20-7-5-10(6-8-20)14(15,16)17/h10,18H,3-9H2,1-2H3. The van der Waals surface area contributed by atoms with Gasteiger partial charge in [0, 0.05) is 24.5 Å². The number of nitrogens with one attached hydrogen (secondary N) is 1. The van der Waals surface area contributed by atoms with E-state index in [-0.39, 0.29) is 12.8 Å². The topological polar surface area (TPSA) is 28.2 Å². The third kappa shape index (κ3) is 4.10. The molecule has 0 atom stereocenters. The van der Waals surface area contributed by atoms with Crippen molar-refractivity contribution >= 4 is 16.5 Å². The molecule has 7 heteroatoms. The lowest BCUT2D eigenvalue weighted by Crippen LogP contribution is -2.38. The van der Waals surface area contributed by atoms with Crippen LogP contribution in [0.3, 0.4) is 0 Å². The van der Waals surface area contributed by atoms with Crippen molar-refractivity contribution in [3.63, 3.8) is 0 Å². The maximum atomic E-state index is 12.7. The summed E-state index contributed by atoms with van der Waals surface area (Å²) in [5, 5.41) is 4.01. The van der Waals surface area contributed by atoms with Crippen LogP contribution in [-0.2, 0) is 13.0 Å². The second kappa shape index (κ2) is 6.96. The number of anilines is 1. The number of hydrogen-bond donors (Lipinski definition) is 1. The minimum atomic E-state index is -4.06. The first kappa shape index (κ1) is 16.5. The van der Waals surface area contributed by atoms with E-state index in [1.165, 1.54) is 4.88 Å². The highest BCUT2D eigenvalue weighted by Crippen LogP contribution is 2.36. The number of aryl methyl sites for hydroxylation is 1. The molecule has 0 radical (unpaired) electrons. The van der Waals surface area contributed by atoms with Gasteiger partial charge in [0.15, 0.2) is 5.13 Å². The summed E-state index contributed by atoms with van der Waals surface area (Å²) in [7, 11) is 1.89. The van der Waals surface area contributed by atoms with Crippen LogP contribution in [0.25, 0.3) is 0 Å². The van der Waals surface area contributed by atoms with Crippen molar-refractivity contribution in [2.24, 2.45) is 5.92 Å². The molecular formula is C14H22F3N3S. The molecule has 1 fully saturated rings. The number of alkyl halides is 3. The summed E-state index contributed by atoms with van der Waals surface area (Å²) in [4.78, 5) is 7.86. The van der Waals surface area contributed by atoms with E-state index in [9.17, 15) is 13.2 Å². The van der Waals surface area contributed by atoms with Crippen LogP contribution in [0, 0.1) is 5.92 Å². The van der Waals surface area contributed by atoms with Gasteiger partial charge < -0.3 is 10.2 Å². The summed E-state index contributed by atoms with van der Waals surface area (Å²) >= 11 is 1.61. The monoisotopic (exact) mass is 321 g/mol. The number of rotatable bonds is 5. The highest BCUT2D eigenvalue weighted by Gasteiger charge is 2.41. The van der Waals surface area contributed by atoms with Gasteiger partial charge in [0.05, 0.1) is 11.6 Å². The molecule has 2 rings (SSSR count). The molecule has 120 valence electrons. The number of aromatic nitrogens is 1. The number of nitrogens with zero attached hydrogens (tertiary/aromatic N) is 2. The van der Waals surface area contributed by atoms with Crippen LogP contribution in [0.4, 0.5) is 18.3 Å². The molecule has 1 saturated heterocycles. The van der Waals surface area contributed by atoms with Gasteiger partial charge in [-0.3, -0.25) is 0 Å². The van der Waals surface area contributed by atoms with E-state index in [0.29, 0.717) is 13.1 Å². The average molecular weight is 321 g/mol. The van der Waals surface area contributed by atoms with Gasteiger partial charge in [-0.05, 0) is 26.3 Å². The van der Waals surface area contributed by atoms with Gasteiger partial charge in [-0.25, -0.2) is 4.98 Å². The largest absolute Gasteiger partial charge is 0.391 e. The molecule has 0 aromatic carbocycles. The van der Waals surface area contributed by atoms with Crippen LogP contribution in [0.1, 0.15) is 36.8 Å². The van der Waals surface area contributed by atoms with E-state index in [0.717, 1.165) is 30.2 Å². The fourth-order valence-electron chi connectivity index (χ4n) is 2.63. The van der Waals surface area contributed by atoms with Crippen molar-refractivity contribution in [1.29, 1.82) is 0 Å². The lowest BCUT2D eigenvalue weighted by atomic mass is 9.97. The molecule has 1 aromatic rings. The fraction of sp³-hybridized carbons (Fsp3) is 0.786. The Balaban J connectivity index is 2.04. The molecule has 1 aromatic heterocycles. The summed E-state index contributed by atoms with van der Waals surface area (Å²) < 4.78 is 38.1. The average Bonchev–Trinajstić information content (AvgIpc) is 2.82.